The molecule has 0 aromatic heterocycles. The molecule has 1 N–H and O–H groups in total. The number of carbonyl (C=O) groups excluding carboxylic acids is 1. The van der Waals surface area contributed by atoms with Gasteiger partial charge in [0.1, 0.15) is 0 Å². The Balaban J connectivity index is 4.22. The van der Waals surface area contributed by atoms with E-state index in [9.17, 15) is 4.79 Å². The van der Waals surface area contributed by atoms with Crippen molar-refractivity contribution in [1.82, 2.24) is 4.90 Å². The summed E-state index contributed by atoms with van der Waals surface area (Å²) in [6.45, 7) is 6.55. The third-order valence-electron chi connectivity index (χ3n) is 1.55. The minimum atomic E-state index is -0.530. The lowest BCUT2D eigenvalue weighted by Crippen LogP contribution is -2.42. The molecule has 0 aliphatic heterocycles. The molecule has 0 aliphatic rings. The predicted molar refractivity (Wildman–Crippen MR) is 52.3 cm³/mol. The molecule has 0 saturated carbocycles. The molecule has 0 saturated heterocycles. The highest BCUT2D eigenvalue weighted by atomic mass is 79.9. The monoisotopic (exact) mass is 237 g/mol. The maximum Gasteiger partial charge on any atom is 0.238 e. The van der Waals surface area contributed by atoms with E-state index in [4.69, 9.17) is 5.11 Å². The number of nitrogens with zero attached hydrogens (tertiary/aromatic N) is 1. The number of halogens is 1. The lowest BCUT2D eigenvalue weighted by molar-refractivity contribution is -0.133. The summed E-state index contributed by atoms with van der Waals surface area (Å²) in [4.78, 5) is 13.2. The van der Waals surface area contributed by atoms with Crippen molar-refractivity contribution in [2.75, 3.05) is 19.7 Å². The second-order valence-electron chi connectivity index (χ2n) is 3.08. The van der Waals surface area contributed by atoms with Crippen LogP contribution in [0.3, 0.4) is 0 Å². The minimum Gasteiger partial charge on any atom is -0.395 e. The van der Waals surface area contributed by atoms with Gasteiger partial charge in [-0.1, -0.05) is 15.9 Å². The highest BCUT2D eigenvalue weighted by molar-refractivity contribution is 9.10. The van der Waals surface area contributed by atoms with Gasteiger partial charge in [-0.2, -0.15) is 0 Å². The van der Waals surface area contributed by atoms with Crippen LogP contribution in [0.5, 0.6) is 0 Å². The van der Waals surface area contributed by atoms with Gasteiger partial charge in [-0.3, -0.25) is 4.79 Å². The van der Waals surface area contributed by atoms with Crippen molar-refractivity contribution >= 4 is 21.8 Å². The highest BCUT2D eigenvalue weighted by Gasteiger charge is 2.27. The first-order valence-corrected chi connectivity index (χ1v) is 4.82. The second-order valence-corrected chi connectivity index (χ2v) is 5.06. The van der Waals surface area contributed by atoms with Gasteiger partial charge in [0.15, 0.2) is 0 Å². The number of hydrogen-bond acceptors (Lipinski definition) is 2. The maximum atomic E-state index is 11.6. The van der Waals surface area contributed by atoms with Gasteiger partial charge in [-0.25, -0.2) is 0 Å². The number of aliphatic hydroxyl groups is 1. The Kier molecular flexibility index (Phi) is 4.78. The van der Waals surface area contributed by atoms with Crippen molar-refractivity contribution in [3.63, 3.8) is 0 Å². The molecule has 0 radical (unpaired) electrons. The van der Waals surface area contributed by atoms with Gasteiger partial charge in [0.25, 0.3) is 0 Å². The van der Waals surface area contributed by atoms with Gasteiger partial charge in [0, 0.05) is 13.1 Å². The Labute approximate surface area is 81.9 Å². The molecule has 4 heteroatoms. The van der Waals surface area contributed by atoms with Gasteiger partial charge in [0.2, 0.25) is 5.91 Å². The Morgan fingerprint density at radius 2 is 2.08 bits per heavy atom. The zero-order valence-electron chi connectivity index (χ0n) is 7.80. The van der Waals surface area contributed by atoms with E-state index in [1.165, 1.54) is 0 Å². The summed E-state index contributed by atoms with van der Waals surface area (Å²) in [5.74, 6) is 0.0130. The van der Waals surface area contributed by atoms with E-state index < -0.39 is 4.32 Å². The number of likely N-dealkylation sites (N-methyl/N-ethyl adjacent to an activating group) is 1. The maximum absolute atomic E-state index is 11.6. The standard InChI is InChI=1S/C8H16BrNO2/c1-4-10(5-6-11)7(12)8(2,3)9/h11H,4-6H2,1-3H3. The van der Waals surface area contributed by atoms with Gasteiger partial charge < -0.3 is 10.0 Å². The van der Waals surface area contributed by atoms with Crippen LogP contribution >= 0.6 is 15.9 Å². The Morgan fingerprint density at radius 1 is 1.58 bits per heavy atom. The number of aliphatic hydroxyl groups excluding tert-OH is 1. The van der Waals surface area contributed by atoms with E-state index in [-0.39, 0.29) is 12.5 Å². The summed E-state index contributed by atoms with van der Waals surface area (Å²) < 4.78 is -0.530. The summed E-state index contributed by atoms with van der Waals surface area (Å²) in [5, 5.41) is 8.67. The Bertz CT molecular complexity index is 154. The van der Waals surface area contributed by atoms with Crippen molar-refractivity contribution in [2.24, 2.45) is 0 Å². The van der Waals surface area contributed by atoms with Crippen LogP contribution in [0.15, 0.2) is 0 Å². The molecule has 0 aromatic rings. The van der Waals surface area contributed by atoms with Crippen molar-refractivity contribution < 1.29 is 9.90 Å². The third kappa shape index (κ3) is 3.54. The largest absolute Gasteiger partial charge is 0.395 e. The number of rotatable bonds is 4. The molecule has 0 spiro atoms. The van der Waals surface area contributed by atoms with Gasteiger partial charge in [-0.05, 0) is 20.8 Å². The number of amides is 1. The van der Waals surface area contributed by atoms with E-state index >= 15 is 0 Å². The fourth-order valence-corrected chi connectivity index (χ4v) is 1.15. The average molecular weight is 238 g/mol. The van der Waals surface area contributed by atoms with E-state index in [0.29, 0.717) is 13.1 Å². The topological polar surface area (TPSA) is 40.5 Å². The van der Waals surface area contributed by atoms with E-state index in [0.717, 1.165) is 0 Å². The van der Waals surface area contributed by atoms with Gasteiger partial charge in [0.05, 0.1) is 10.9 Å². The summed E-state index contributed by atoms with van der Waals surface area (Å²) in [5.41, 5.74) is 0. The normalized spacial score (nSPS) is 11.4. The molecular formula is C8H16BrNO2. The molecule has 0 aromatic carbocycles. The second kappa shape index (κ2) is 4.82. The molecule has 0 fully saturated rings. The highest BCUT2D eigenvalue weighted by Crippen LogP contribution is 2.18. The Hall–Kier alpha value is -0.0900. The number of hydrogen-bond donors (Lipinski definition) is 1. The first-order valence-electron chi connectivity index (χ1n) is 4.02. The third-order valence-corrected chi connectivity index (χ3v) is 1.89. The zero-order valence-corrected chi connectivity index (χ0v) is 9.39. The number of carbonyl (C=O) groups is 1. The van der Waals surface area contributed by atoms with Crippen LogP contribution in [0, 0.1) is 0 Å². The molecule has 0 bridgehead atoms. The van der Waals surface area contributed by atoms with Crippen molar-refractivity contribution in [3.05, 3.63) is 0 Å². The van der Waals surface area contributed by atoms with E-state index in [2.05, 4.69) is 15.9 Å². The van der Waals surface area contributed by atoms with Crippen molar-refractivity contribution in [1.29, 1.82) is 0 Å². The van der Waals surface area contributed by atoms with Crippen LogP contribution in [-0.4, -0.2) is 39.9 Å². The SMILES string of the molecule is CCN(CCO)C(=O)C(C)(C)Br. The fourth-order valence-electron chi connectivity index (χ4n) is 0.900. The Morgan fingerprint density at radius 3 is 2.33 bits per heavy atom. The van der Waals surface area contributed by atoms with Crippen LogP contribution in [-0.2, 0) is 4.79 Å². The number of alkyl halides is 1. The van der Waals surface area contributed by atoms with E-state index in [1.54, 1.807) is 18.7 Å². The summed E-state index contributed by atoms with van der Waals surface area (Å²) in [6.07, 6.45) is 0. The average Bonchev–Trinajstić information content (AvgIpc) is 1.97. The molecule has 3 nitrogen and oxygen atoms in total. The fraction of sp³-hybridized carbons (Fsp3) is 0.875. The zero-order chi connectivity index (χ0) is 9.78. The smallest absolute Gasteiger partial charge is 0.238 e. The van der Waals surface area contributed by atoms with Crippen molar-refractivity contribution in [3.8, 4) is 0 Å². The van der Waals surface area contributed by atoms with Crippen LogP contribution in [0.2, 0.25) is 0 Å². The minimum absolute atomic E-state index is 0.0130. The molecule has 0 heterocycles. The molecule has 1 amide bonds. The quantitative estimate of drug-likeness (QED) is 0.742. The van der Waals surface area contributed by atoms with Gasteiger partial charge >= 0.3 is 0 Å². The van der Waals surface area contributed by atoms with Crippen LogP contribution < -0.4 is 0 Å². The molecule has 0 atom stereocenters. The first kappa shape index (κ1) is 11.9. The van der Waals surface area contributed by atoms with Crippen LogP contribution in [0.25, 0.3) is 0 Å². The molecular weight excluding hydrogens is 222 g/mol. The molecule has 12 heavy (non-hydrogen) atoms. The summed E-state index contributed by atoms with van der Waals surface area (Å²) in [6, 6.07) is 0. The predicted octanol–water partition coefficient (Wildman–Crippen LogP) is 1.00. The van der Waals surface area contributed by atoms with E-state index in [1.807, 2.05) is 6.92 Å². The lowest BCUT2D eigenvalue weighted by atomic mass is 10.2. The van der Waals surface area contributed by atoms with Crippen molar-refractivity contribution in [2.45, 2.75) is 25.1 Å². The van der Waals surface area contributed by atoms with Gasteiger partial charge in [-0.15, -0.1) is 0 Å². The summed E-state index contributed by atoms with van der Waals surface area (Å²) in [7, 11) is 0. The summed E-state index contributed by atoms with van der Waals surface area (Å²) >= 11 is 3.28. The van der Waals surface area contributed by atoms with Crippen LogP contribution in [0.1, 0.15) is 20.8 Å². The first-order chi connectivity index (χ1) is 5.43. The lowest BCUT2D eigenvalue weighted by Gasteiger charge is -2.26. The molecule has 72 valence electrons. The molecule has 0 rings (SSSR count). The van der Waals surface area contributed by atoms with Crippen LogP contribution in [0.4, 0.5) is 0 Å². The molecule has 0 unspecified atom stereocenters. The molecule has 0 aliphatic carbocycles.